The van der Waals surface area contributed by atoms with E-state index in [0.717, 1.165) is 17.0 Å². The van der Waals surface area contributed by atoms with Gasteiger partial charge >= 0.3 is 5.97 Å². The number of rotatable bonds is 5. The van der Waals surface area contributed by atoms with Crippen molar-refractivity contribution in [1.29, 1.82) is 0 Å². The molecule has 2 aromatic rings. The van der Waals surface area contributed by atoms with Gasteiger partial charge in [0.15, 0.2) is 0 Å². The number of likely N-dealkylation sites (N-methyl/N-ethyl adjacent to an activating group) is 1. The lowest BCUT2D eigenvalue weighted by atomic mass is 10.1. The second-order valence-electron chi connectivity index (χ2n) is 4.72. The molecule has 23 heavy (non-hydrogen) atoms. The van der Waals surface area contributed by atoms with Crippen molar-refractivity contribution in [3.63, 3.8) is 0 Å². The highest BCUT2D eigenvalue weighted by Crippen LogP contribution is 2.25. The summed E-state index contributed by atoms with van der Waals surface area (Å²) >= 11 is 0. The molecule has 0 atom stereocenters. The number of allylic oxidation sites excluding steroid dienone is 1. The smallest absolute Gasteiger partial charge is 0.354 e. The highest BCUT2D eigenvalue weighted by molar-refractivity contribution is 5.92. The standard InChI is InChI=1S/C17H19N3O3/c1-5-15(17(21)23-4)20(2)16-10-14(18-11-19-16)12-7-6-8-13(9-12)22-3/h5-11H,1-4H3. The minimum Gasteiger partial charge on any atom is -0.497 e. The van der Waals surface area contributed by atoms with E-state index in [2.05, 4.69) is 9.97 Å². The van der Waals surface area contributed by atoms with E-state index in [4.69, 9.17) is 9.47 Å². The number of anilines is 1. The molecule has 120 valence electrons. The highest BCUT2D eigenvalue weighted by Gasteiger charge is 2.17. The molecule has 2 rings (SSSR count). The monoisotopic (exact) mass is 313 g/mol. The summed E-state index contributed by atoms with van der Waals surface area (Å²) in [4.78, 5) is 22.0. The number of benzene rings is 1. The Labute approximate surface area is 135 Å². The summed E-state index contributed by atoms with van der Waals surface area (Å²) in [6.07, 6.45) is 3.14. The molecule has 0 saturated carbocycles. The molecule has 1 aromatic carbocycles. The zero-order chi connectivity index (χ0) is 16.8. The molecular weight excluding hydrogens is 294 g/mol. The number of hydrogen-bond acceptors (Lipinski definition) is 6. The minimum atomic E-state index is -0.420. The molecule has 0 radical (unpaired) electrons. The first-order valence-corrected chi connectivity index (χ1v) is 7.05. The zero-order valence-corrected chi connectivity index (χ0v) is 13.6. The van der Waals surface area contributed by atoms with Gasteiger partial charge in [-0.2, -0.15) is 0 Å². The summed E-state index contributed by atoms with van der Waals surface area (Å²) in [6, 6.07) is 9.40. The van der Waals surface area contributed by atoms with E-state index < -0.39 is 5.97 Å². The molecule has 1 heterocycles. The largest absolute Gasteiger partial charge is 0.497 e. The third kappa shape index (κ3) is 3.66. The molecule has 6 nitrogen and oxygen atoms in total. The molecule has 1 aromatic heterocycles. The van der Waals surface area contributed by atoms with Crippen molar-refractivity contribution in [2.75, 3.05) is 26.2 Å². The molecule has 0 aliphatic carbocycles. The van der Waals surface area contributed by atoms with E-state index in [1.807, 2.05) is 24.3 Å². The Balaban J connectivity index is 2.37. The number of carbonyl (C=O) groups excluding carboxylic acids is 1. The molecular formula is C17H19N3O3. The van der Waals surface area contributed by atoms with Crippen LogP contribution in [0.15, 0.2) is 48.4 Å². The van der Waals surface area contributed by atoms with E-state index in [1.54, 1.807) is 38.1 Å². The molecule has 0 N–H and O–H groups in total. The number of carbonyl (C=O) groups is 1. The van der Waals surface area contributed by atoms with Crippen LogP contribution in [0.3, 0.4) is 0 Å². The molecule has 0 amide bonds. The second kappa shape index (κ2) is 7.40. The normalized spacial score (nSPS) is 11.0. The fraction of sp³-hybridized carbons (Fsp3) is 0.235. The summed E-state index contributed by atoms with van der Waals surface area (Å²) in [6.45, 7) is 1.77. The Bertz CT molecular complexity index is 729. The van der Waals surface area contributed by atoms with Crippen molar-refractivity contribution in [2.24, 2.45) is 0 Å². The predicted octanol–water partition coefficient (Wildman–Crippen LogP) is 2.67. The van der Waals surface area contributed by atoms with Crippen LogP contribution in [0.5, 0.6) is 5.75 Å². The SMILES string of the molecule is CC=C(C(=O)OC)N(C)c1cc(-c2cccc(OC)c2)ncn1. The third-order valence-electron chi connectivity index (χ3n) is 3.39. The Kier molecular flexibility index (Phi) is 5.30. The van der Waals surface area contributed by atoms with Gasteiger partial charge in [0.25, 0.3) is 0 Å². The number of esters is 1. The van der Waals surface area contributed by atoms with Crippen LogP contribution in [0.2, 0.25) is 0 Å². The fourth-order valence-corrected chi connectivity index (χ4v) is 2.15. The van der Waals surface area contributed by atoms with Gasteiger partial charge in [-0.25, -0.2) is 14.8 Å². The van der Waals surface area contributed by atoms with E-state index in [1.165, 1.54) is 13.4 Å². The second-order valence-corrected chi connectivity index (χ2v) is 4.72. The lowest BCUT2D eigenvalue weighted by molar-refractivity contribution is -0.136. The third-order valence-corrected chi connectivity index (χ3v) is 3.39. The Morgan fingerprint density at radius 3 is 2.65 bits per heavy atom. The topological polar surface area (TPSA) is 64.5 Å². The maximum Gasteiger partial charge on any atom is 0.354 e. The summed E-state index contributed by atoms with van der Waals surface area (Å²) in [5.74, 6) is 0.924. The Morgan fingerprint density at radius 2 is 2.00 bits per heavy atom. The van der Waals surface area contributed by atoms with Crippen LogP contribution in [-0.2, 0) is 9.53 Å². The number of ether oxygens (including phenoxy) is 2. The van der Waals surface area contributed by atoms with Crippen LogP contribution in [0, 0.1) is 0 Å². The molecule has 0 spiro atoms. The van der Waals surface area contributed by atoms with Gasteiger partial charge in [-0.15, -0.1) is 0 Å². The number of nitrogens with zero attached hydrogens (tertiary/aromatic N) is 3. The van der Waals surface area contributed by atoms with Crippen LogP contribution in [-0.4, -0.2) is 37.2 Å². The first kappa shape index (κ1) is 16.5. The van der Waals surface area contributed by atoms with E-state index in [-0.39, 0.29) is 0 Å². The molecule has 6 heteroatoms. The highest BCUT2D eigenvalue weighted by atomic mass is 16.5. The molecule has 0 bridgehead atoms. The summed E-state index contributed by atoms with van der Waals surface area (Å²) < 4.78 is 10.0. The average Bonchev–Trinajstić information content (AvgIpc) is 2.62. The Morgan fingerprint density at radius 1 is 1.22 bits per heavy atom. The maximum absolute atomic E-state index is 11.8. The number of methoxy groups -OCH3 is 2. The minimum absolute atomic E-state index is 0.405. The first-order chi connectivity index (χ1) is 11.1. The van der Waals surface area contributed by atoms with Crippen molar-refractivity contribution in [1.82, 2.24) is 9.97 Å². The van der Waals surface area contributed by atoms with Crippen LogP contribution < -0.4 is 9.64 Å². The first-order valence-electron chi connectivity index (χ1n) is 7.05. The van der Waals surface area contributed by atoms with Gasteiger partial charge in [-0.3, -0.25) is 0 Å². The van der Waals surface area contributed by atoms with Gasteiger partial charge in [0.05, 0.1) is 19.9 Å². The molecule has 0 fully saturated rings. The zero-order valence-electron chi connectivity index (χ0n) is 13.6. The summed E-state index contributed by atoms with van der Waals surface area (Å²) in [5.41, 5.74) is 2.05. The van der Waals surface area contributed by atoms with Gasteiger partial charge in [0, 0.05) is 18.7 Å². The van der Waals surface area contributed by atoms with Crippen molar-refractivity contribution >= 4 is 11.8 Å². The van der Waals surface area contributed by atoms with Gasteiger partial charge in [-0.05, 0) is 19.1 Å². The lowest BCUT2D eigenvalue weighted by Gasteiger charge is -2.20. The maximum atomic E-state index is 11.8. The van der Waals surface area contributed by atoms with E-state index in [0.29, 0.717) is 11.5 Å². The molecule has 0 unspecified atom stereocenters. The van der Waals surface area contributed by atoms with Crippen molar-refractivity contribution in [3.8, 4) is 17.0 Å². The van der Waals surface area contributed by atoms with Crippen molar-refractivity contribution in [2.45, 2.75) is 6.92 Å². The van der Waals surface area contributed by atoms with Gasteiger partial charge in [0.1, 0.15) is 23.6 Å². The van der Waals surface area contributed by atoms with Gasteiger partial charge in [0.2, 0.25) is 0 Å². The molecule has 0 aliphatic rings. The number of aromatic nitrogens is 2. The Hall–Kier alpha value is -2.89. The van der Waals surface area contributed by atoms with Crippen LogP contribution in [0.4, 0.5) is 5.82 Å². The lowest BCUT2D eigenvalue weighted by Crippen LogP contribution is -2.24. The van der Waals surface area contributed by atoms with Crippen molar-refractivity contribution < 1.29 is 14.3 Å². The van der Waals surface area contributed by atoms with Gasteiger partial charge < -0.3 is 14.4 Å². The van der Waals surface area contributed by atoms with Crippen LogP contribution >= 0.6 is 0 Å². The number of hydrogen-bond donors (Lipinski definition) is 0. The molecule has 0 aliphatic heterocycles. The summed E-state index contributed by atoms with van der Waals surface area (Å²) in [7, 11) is 4.72. The predicted molar refractivity (Wildman–Crippen MR) is 88.2 cm³/mol. The molecule has 0 saturated heterocycles. The fourth-order valence-electron chi connectivity index (χ4n) is 2.15. The van der Waals surface area contributed by atoms with E-state index in [9.17, 15) is 4.79 Å². The van der Waals surface area contributed by atoms with Crippen LogP contribution in [0.25, 0.3) is 11.3 Å². The van der Waals surface area contributed by atoms with E-state index >= 15 is 0 Å². The quantitative estimate of drug-likeness (QED) is 0.624. The van der Waals surface area contributed by atoms with Crippen molar-refractivity contribution in [3.05, 3.63) is 48.4 Å². The van der Waals surface area contributed by atoms with Crippen LogP contribution in [0.1, 0.15) is 6.92 Å². The summed E-state index contributed by atoms with van der Waals surface area (Å²) in [5, 5.41) is 0. The van der Waals surface area contributed by atoms with Gasteiger partial charge in [-0.1, -0.05) is 18.2 Å². The average molecular weight is 313 g/mol.